The van der Waals surface area contributed by atoms with Crippen molar-refractivity contribution in [2.75, 3.05) is 25.5 Å². The Labute approximate surface area is 184 Å². The van der Waals surface area contributed by atoms with Crippen molar-refractivity contribution in [1.29, 1.82) is 0 Å². The molecule has 11 nitrogen and oxygen atoms in total. The molecule has 0 fully saturated rings. The minimum atomic E-state index is -3.97. The Morgan fingerprint density at radius 2 is 1.90 bits per heavy atom. The molecule has 3 heterocycles. The quantitative estimate of drug-likeness (QED) is 0.474. The number of aromatic nitrogens is 6. The summed E-state index contributed by atoms with van der Waals surface area (Å²) in [4.78, 5) is 12.4. The van der Waals surface area contributed by atoms with Gasteiger partial charge in [-0.25, -0.2) is 18.4 Å². The van der Waals surface area contributed by atoms with Crippen molar-refractivity contribution in [2.45, 2.75) is 24.8 Å². The summed E-state index contributed by atoms with van der Waals surface area (Å²) in [7, 11) is -1.04. The summed E-state index contributed by atoms with van der Waals surface area (Å²) in [6.45, 7) is 2.13. The third-order valence-electron chi connectivity index (χ3n) is 4.46. The number of hydrogen-bond acceptors (Lipinski definition) is 9. The average molecular weight is 468 g/mol. The summed E-state index contributed by atoms with van der Waals surface area (Å²) in [5, 5.41) is 7.42. The molecule has 0 saturated heterocycles. The van der Waals surface area contributed by atoms with Gasteiger partial charge in [0.2, 0.25) is 16.0 Å². The number of ether oxygens (including phenoxy) is 2. The van der Waals surface area contributed by atoms with Crippen molar-refractivity contribution in [3.05, 3.63) is 47.6 Å². The number of sulfonamides is 1. The number of hydrogen-bond donors (Lipinski definition) is 1. The summed E-state index contributed by atoms with van der Waals surface area (Å²) in [5.41, 5.74) is 0.550. The highest BCUT2D eigenvalue weighted by Gasteiger charge is 2.34. The van der Waals surface area contributed by atoms with Gasteiger partial charge in [0, 0.05) is 32.8 Å². The highest BCUT2D eigenvalue weighted by Crippen LogP contribution is 2.26. The highest BCUT2D eigenvalue weighted by atomic mass is 35.5. The molecule has 0 saturated carbocycles. The lowest BCUT2D eigenvalue weighted by atomic mass is 10.2. The van der Waals surface area contributed by atoms with Gasteiger partial charge < -0.3 is 9.47 Å². The summed E-state index contributed by atoms with van der Waals surface area (Å²) in [6.07, 6.45) is 3.44. The van der Waals surface area contributed by atoms with Crippen molar-refractivity contribution < 1.29 is 17.9 Å². The number of pyridine rings is 1. The molecule has 31 heavy (non-hydrogen) atoms. The highest BCUT2D eigenvalue weighted by molar-refractivity contribution is 7.93. The summed E-state index contributed by atoms with van der Waals surface area (Å²) in [6, 6.07) is 5.33. The van der Waals surface area contributed by atoms with Gasteiger partial charge in [0.05, 0.1) is 18.2 Å². The molecule has 0 spiro atoms. The zero-order valence-electron chi connectivity index (χ0n) is 17.1. The molecule has 0 aliphatic rings. The van der Waals surface area contributed by atoms with E-state index in [2.05, 4.69) is 29.9 Å². The molecule has 166 valence electrons. The van der Waals surface area contributed by atoms with E-state index in [1.807, 2.05) is 0 Å². The molecule has 0 amide bonds. The first-order valence-electron chi connectivity index (χ1n) is 9.22. The maximum absolute atomic E-state index is 13.1. The first-order valence-corrected chi connectivity index (χ1v) is 11.1. The van der Waals surface area contributed by atoms with Crippen LogP contribution >= 0.6 is 11.6 Å². The van der Waals surface area contributed by atoms with Gasteiger partial charge in [-0.15, -0.1) is 10.2 Å². The van der Waals surface area contributed by atoms with Crippen LogP contribution in [-0.4, -0.2) is 64.2 Å². The van der Waals surface area contributed by atoms with Gasteiger partial charge in [-0.3, -0.25) is 14.3 Å². The molecule has 0 aliphatic carbocycles. The second-order valence-electron chi connectivity index (χ2n) is 6.47. The lowest BCUT2D eigenvalue weighted by Crippen LogP contribution is -2.33. The standard InChI is InChI=1S/C18H22ClN7O4S/c1-12(15(30-3)16-21-10-13(19)11-22-16)31(27,28)25-18-24-23-17(26(18)8-9-29-2)14-6-4-5-7-20-14/h4-7,10-12,15H,8-9H2,1-3H3,(H,24,25). The van der Waals surface area contributed by atoms with Crippen LogP contribution in [0.3, 0.4) is 0 Å². The van der Waals surface area contributed by atoms with Crippen molar-refractivity contribution in [3.63, 3.8) is 0 Å². The molecule has 3 rings (SSSR count). The van der Waals surface area contributed by atoms with Gasteiger partial charge in [0.25, 0.3) is 0 Å². The number of methoxy groups -OCH3 is 2. The van der Waals surface area contributed by atoms with Gasteiger partial charge in [-0.1, -0.05) is 17.7 Å². The number of rotatable bonds is 10. The van der Waals surface area contributed by atoms with E-state index in [0.717, 1.165) is 0 Å². The Kier molecular flexibility index (Phi) is 7.49. The minimum Gasteiger partial charge on any atom is -0.383 e. The fourth-order valence-corrected chi connectivity index (χ4v) is 4.06. The van der Waals surface area contributed by atoms with Gasteiger partial charge in [-0.05, 0) is 19.1 Å². The van der Waals surface area contributed by atoms with Gasteiger partial charge >= 0.3 is 0 Å². The molecule has 0 aliphatic heterocycles. The molecule has 2 atom stereocenters. The average Bonchev–Trinajstić information content (AvgIpc) is 3.16. The molecule has 3 aromatic heterocycles. The fourth-order valence-electron chi connectivity index (χ4n) is 2.82. The Hall–Kier alpha value is -2.67. The van der Waals surface area contributed by atoms with Crippen LogP contribution in [0.2, 0.25) is 5.02 Å². The van der Waals surface area contributed by atoms with Gasteiger partial charge in [-0.2, -0.15) is 0 Å². The predicted molar refractivity (Wildman–Crippen MR) is 114 cm³/mol. The number of nitrogens with one attached hydrogen (secondary N) is 1. The van der Waals surface area contributed by atoms with Crippen molar-refractivity contribution in [2.24, 2.45) is 0 Å². The zero-order valence-corrected chi connectivity index (χ0v) is 18.7. The van der Waals surface area contributed by atoms with Gasteiger partial charge in [0.15, 0.2) is 11.6 Å². The van der Waals surface area contributed by atoms with Crippen LogP contribution in [0, 0.1) is 0 Å². The Morgan fingerprint density at radius 3 is 2.52 bits per heavy atom. The van der Waals surface area contributed by atoms with E-state index in [9.17, 15) is 8.42 Å². The van der Waals surface area contributed by atoms with E-state index in [4.69, 9.17) is 21.1 Å². The normalized spacial score (nSPS) is 13.7. The van der Waals surface area contributed by atoms with Crippen LogP contribution in [0.25, 0.3) is 11.5 Å². The van der Waals surface area contributed by atoms with E-state index >= 15 is 0 Å². The molecular formula is C18H22ClN7O4S. The molecule has 0 aromatic carbocycles. The van der Waals surface area contributed by atoms with Crippen molar-refractivity contribution >= 4 is 27.6 Å². The lowest BCUT2D eigenvalue weighted by Gasteiger charge is -2.22. The molecule has 1 N–H and O–H groups in total. The Bertz CT molecular complexity index is 1090. The summed E-state index contributed by atoms with van der Waals surface area (Å²) in [5.74, 6) is 0.642. The lowest BCUT2D eigenvalue weighted by molar-refractivity contribution is 0.0950. The third-order valence-corrected chi connectivity index (χ3v) is 6.35. The topological polar surface area (TPSA) is 134 Å². The molecule has 0 radical (unpaired) electrons. The zero-order chi connectivity index (χ0) is 22.4. The van der Waals surface area contributed by atoms with Crippen LogP contribution < -0.4 is 4.72 Å². The fraction of sp³-hybridized carbons (Fsp3) is 0.389. The van der Waals surface area contributed by atoms with Crippen LogP contribution in [0.1, 0.15) is 18.9 Å². The minimum absolute atomic E-state index is 0.0384. The second kappa shape index (κ2) is 10.1. The monoisotopic (exact) mass is 467 g/mol. The maximum atomic E-state index is 13.1. The Balaban J connectivity index is 1.90. The van der Waals surface area contributed by atoms with Crippen molar-refractivity contribution in [1.82, 2.24) is 29.7 Å². The summed E-state index contributed by atoms with van der Waals surface area (Å²) < 4.78 is 40.8. The van der Waals surface area contributed by atoms with E-state index in [1.54, 1.807) is 36.1 Å². The van der Waals surface area contributed by atoms with Crippen LogP contribution in [0.15, 0.2) is 36.8 Å². The molecule has 3 aromatic rings. The largest absolute Gasteiger partial charge is 0.383 e. The number of halogens is 1. The van der Waals surface area contributed by atoms with Crippen LogP contribution in [0.4, 0.5) is 5.95 Å². The number of anilines is 1. The van der Waals surface area contributed by atoms with E-state index in [1.165, 1.54) is 26.4 Å². The van der Waals surface area contributed by atoms with Gasteiger partial charge in [0.1, 0.15) is 17.0 Å². The first kappa shape index (κ1) is 23.0. The maximum Gasteiger partial charge on any atom is 0.240 e. The first-order chi connectivity index (χ1) is 14.9. The number of nitrogens with zero attached hydrogens (tertiary/aromatic N) is 6. The molecular weight excluding hydrogens is 446 g/mol. The predicted octanol–water partition coefficient (Wildman–Crippen LogP) is 1.95. The van der Waals surface area contributed by atoms with E-state index in [0.29, 0.717) is 29.7 Å². The smallest absolute Gasteiger partial charge is 0.240 e. The van der Waals surface area contributed by atoms with Crippen LogP contribution in [0.5, 0.6) is 0 Å². The third kappa shape index (κ3) is 5.34. The summed E-state index contributed by atoms with van der Waals surface area (Å²) >= 11 is 5.82. The van der Waals surface area contributed by atoms with Crippen molar-refractivity contribution in [3.8, 4) is 11.5 Å². The van der Waals surface area contributed by atoms with Crippen LogP contribution in [-0.2, 0) is 26.0 Å². The molecule has 2 unspecified atom stereocenters. The molecule has 13 heteroatoms. The van der Waals surface area contributed by atoms with E-state index < -0.39 is 21.4 Å². The van der Waals surface area contributed by atoms with E-state index in [-0.39, 0.29) is 11.8 Å². The SMILES string of the molecule is COCCn1c(NS(=O)(=O)C(C)C(OC)c2ncc(Cl)cn2)nnc1-c1ccccn1. The Morgan fingerprint density at radius 1 is 1.16 bits per heavy atom. The molecule has 0 bridgehead atoms. The second-order valence-corrected chi connectivity index (χ2v) is 8.95.